The van der Waals surface area contributed by atoms with Crippen molar-refractivity contribution in [3.63, 3.8) is 0 Å². The number of hydrogen-bond acceptors (Lipinski definition) is 3. The van der Waals surface area contributed by atoms with Gasteiger partial charge in [-0.2, -0.15) is 0 Å². The van der Waals surface area contributed by atoms with Gasteiger partial charge in [0.15, 0.2) is 6.79 Å². The minimum absolute atomic E-state index is 0.220. The van der Waals surface area contributed by atoms with E-state index in [1.165, 1.54) is 0 Å². The Morgan fingerprint density at radius 2 is 2.00 bits per heavy atom. The quantitative estimate of drug-likeness (QED) is 0.409. The van der Waals surface area contributed by atoms with E-state index in [1.807, 2.05) is 24.3 Å². The molecule has 0 radical (unpaired) electrons. The molecule has 0 fully saturated rings. The molecule has 0 unspecified atom stereocenters. The smallest absolute Gasteiger partial charge is 0.189 e. The van der Waals surface area contributed by atoms with Gasteiger partial charge >= 0.3 is 0 Å². The lowest BCUT2D eigenvalue weighted by molar-refractivity contribution is -0.00878. The van der Waals surface area contributed by atoms with Gasteiger partial charge in [-0.1, -0.05) is 18.2 Å². The van der Waals surface area contributed by atoms with E-state index in [4.69, 9.17) is 25.8 Å². The van der Waals surface area contributed by atoms with Crippen LogP contribution >= 0.6 is 11.6 Å². The normalized spacial score (nSPS) is 10.3. The Hall–Kier alpha value is -0.770. The van der Waals surface area contributed by atoms with Crippen molar-refractivity contribution < 1.29 is 14.2 Å². The van der Waals surface area contributed by atoms with Gasteiger partial charge in [0.2, 0.25) is 0 Å². The van der Waals surface area contributed by atoms with Gasteiger partial charge in [-0.25, -0.2) is 0 Å². The zero-order valence-corrected chi connectivity index (χ0v) is 9.50. The topological polar surface area (TPSA) is 27.7 Å². The fourth-order valence-corrected chi connectivity index (χ4v) is 1.28. The lowest BCUT2D eigenvalue weighted by Crippen LogP contribution is -2.08. The highest BCUT2D eigenvalue weighted by atomic mass is 35.5. The number of methoxy groups -OCH3 is 1. The standard InChI is InChI=1S/C11H15ClO3/c1-13-6-7-14-9-15-11-5-3-2-4-10(11)8-12/h2-5H,6-9H2,1H3. The minimum atomic E-state index is 0.220. The highest BCUT2D eigenvalue weighted by Gasteiger charge is 2.00. The van der Waals surface area contributed by atoms with Gasteiger partial charge in [-0.05, 0) is 6.07 Å². The molecule has 0 aliphatic heterocycles. The summed E-state index contributed by atoms with van der Waals surface area (Å²) in [5.41, 5.74) is 0.967. The summed E-state index contributed by atoms with van der Waals surface area (Å²) in [5.74, 6) is 1.21. The van der Waals surface area contributed by atoms with Crippen molar-refractivity contribution in [3.8, 4) is 5.75 Å². The zero-order chi connectivity index (χ0) is 10.9. The first-order valence-corrected chi connectivity index (χ1v) is 5.25. The molecular weight excluding hydrogens is 216 g/mol. The molecule has 0 bridgehead atoms. The molecule has 0 N–H and O–H groups in total. The van der Waals surface area contributed by atoms with E-state index < -0.39 is 0 Å². The molecule has 0 saturated carbocycles. The van der Waals surface area contributed by atoms with E-state index in [9.17, 15) is 0 Å². The number of benzene rings is 1. The van der Waals surface area contributed by atoms with Gasteiger partial charge in [0.05, 0.1) is 19.1 Å². The Morgan fingerprint density at radius 1 is 1.20 bits per heavy atom. The molecule has 4 heteroatoms. The Bertz CT molecular complexity index is 278. The van der Waals surface area contributed by atoms with Crippen LogP contribution < -0.4 is 4.74 Å². The summed E-state index contributed by atoms with van der Waals surface area (Å²) >= 11 is 5.75. The van der Waals surface area contributed by atoms with Gasteiger partial charge in [0.25, 0.3) is 0 Å². The Labute approximate surface area is 94.9 Å². The summed E-state index contributed by atoms with van der Waals surface area (Å²) < 4.78 is 15.4. The van der Waals surface area contributed by atoms with Gasteiger partial charge < -0.3 is 14.2 Å². The van der Waals surface area contributed by atoms with Crippen LogP contribution in [0.15, 0.2) is 24.3 Å². The maximum absolute atomic E-state index is 5.75. The van der Waals surface area contributed by atoms with Crippen molar-refractivity contribution in [2.45, 2.75) is 5.88 Å². The predicted molar refractivity (Wildman–Crippen MR) is 59.3 cm³/mol. The second-order valence-corrected chi connectivity index (χ2v) is 3.17. The molecule has 1 aromatic rings. The first-order chi connectivity index (χ1) is 7.38. The zero-order valence-electron chi connectivity index (χ0n) is 8.74. The lowest BCUT2D eigenvalue weighted by atomic mass is 10.2. The molecule has 0 saturated heterocycles. The van der Waals surface area contributed by atoms with E-state index in [1.54, 1.807) is 7.11 Å². The van der Waals surface area contributed by atoms with Crippen molar-refractivity contribution >= 4 is 11.6 Å². The third kappa shape index (κ3) is 4.51. The van der Waals surface area contributed by atoms with E-state index in [0.717, 1.165) is 11.3 Å². The van der Waals surface area contributed by atoms with Crippen LogP contribution in [-0.4, -0.2) is 27.1 Å². The third-order valence-electron chi connectivity index (χ3n) is 1.85. The van der Waals surface area contributed by atoms with Crippen LogP contribution in [0.1, 0.15) is 5.56 Å². The second kappa shape index (κ2) is 7.51. The average molecular weight is 231 g/mol. The van der Waals surface area contributed by atoms with Crippen LogP contribution in [0.3, 0.4) is 0 Å². The molecule has 84 valence electrons. The number of para-hydroxylation sites is 1. The van der Waals surface area contributed by atoms with Gasteiger partial charge in [-0.15, -0.1) is 11.6 Å². The van der Waals surface area contributed by atoms with Crippen LogP contribution in [0.2, 0.25) is 0 Å². The molecule has 0 aliphatic carbocycles. The molecule has 0 amide bonds. The maximum atomic E-state index is 5.75. The summed E-state index contributed by atoms with van der Waals surface area (Å²) in [7, 11) is 1.63. The van der Waals surface area contributed by atoms with Gasteiger partial charge in [0.1, 0.15) is 5.75 Å². The van der Waals surface area contributed by atoms with Crippen molar-refractivity contribution in [1.82, 2.24) is 0 Å². The molecule has 1 rings (SSSR count). The molecule has 1 aromatic carbocycles. The average Bonchev–Trinajstić information content (AvgIpc) is 2.29. The molecule has 0 heterocycles. The number of alkyl halides is 1. The monoisotopic (exact) mass is 230 g/mol. The third-order valence-corrected chi connectivity index (χ3v) is 2.13. The highest BCUT2D eigenvalue weighted by Crippen LogP contribution is 2.19. The summed E-state index contributed by atoms with van der Waals surface area (Å²) in [4.78, 5) is 0. The van der Waals surface area contributed by atoms with Crippen LogP contribution in [0, 0.1) is 0 Å². The van der Waals surface area contributed by atoms with Crippen LogP contribution in [0.4, 0.5) is 0 Å². The minimum Gasteiger partial charge on any atom is -0.467 e. The largest absolute Gasteiger partial charge is 0.467 e. The fraction of sp³-hybridized carbons (Fsp3) is 0.455. The fourth-order valence-electron chi connectivity index (χ4n) is 1.06. The number of rotatable bonds is 7. The number of hydrogen-bond donors (Lipinski definition) is 0. The second-order valence-electron chi connectivity index (χ2n) is 2.90. The Morgan fingerprint density at radius 3 is 2.73 bits per heavy atom. The van der Waals surface area contributed by atoms with Crippen molar-refractivity contribution in [2.75, 3.05) is 27.1 Å². The van der Waals surface area contributed by atoms with Gasteiger partial charge in [0, 0.05) is 12.7 Å². The summed E-state index contributed by atoms with van der Waals surface area (Å²) in [6, 6.07) is 7.63. The van der Waals surface area contributed by atoms with E-state index in [0.29, 0.717) is 19.1 Å². The lowest BCUT2D eigenvalue weighted by Gasteiger charge is -2.09. The first kappa shape index (κ1) is 12.3. The first-order valence-electron chi connectivity index (χ1n) is 4.72. The van der Waals surface area contributed by atoms with E-state index in [2.05, 4.69) is 0 Å². The molecule has 0 atom stereocenters. The highest BCUT2D eigenvalue weighted by molar-refractivity contribution is 6.17. The molecule has 0 aliphatic rings. The van der Waals surface area contributed by atoms with Gasteiger partial charge in [-0.3, -0.25) is 0 Å². The van der Waals surface area contributed by atoms with E-state index >= 15 is 0 Å². The number of ether oxygens (including phenoxy) is 3. The van der Waals surface area contributed by atoms with Crippen molar-refractivity contribution in [1.29, 1.82) is 0 Å². The van der Waals surface area contributed by atoms with Crippen molar-refractivity contribution in [3.05, 3.63) is 29.8 Å². The summed E-state index contributed by atoms with van der Waals surface area (Å²) in [5, 5.41) is 0. The summed E-state index contributed by atoms with van der Waals surface area (Å²) in [6.07, 6.45) is 0. The van der Waals surface area contributed by atoms with Crippen LogP contribution in [0.25, 0.3) is 0 Å². The predicted octanol–water partition coefficient (Wildman–Crippen LogP) is 2.42. The Balaban J connectivity index is 2.30. The maximum Gasteiger partial charge on any atom is 0.189 e. The molecular formula is C11H15ClO3. The van der Waals surface area contributed by atoms with Crippen molar-refractivity contribution in [2.24, 2.45) is 0 Å². The van der Waals surface area contributed by atoms with E-state index in [-0.39, 0.29) is 6.79 Å². The SMILES string of the molecule is COCCOCOc1ccccc1CCl. The molecule has 0 aromatic heterocycles. The Kier molecular flexibility index (Phi) is 6.16. The molecule has 0 spiro atoms. The number of halogens is 1. The summed E-state index contributed by atoms with van der Waals surface area (Å²) in [6.45, 7) is 1.32. The molecule has 15 heavy (non-hydrogen) atoms. The van der Waals surface area contributed by atoms with Crippen LogP contribution in [0.5, 0.6) is 5.75 Å². The van der Waals surface area contributed by atoms with Crippen LogP contribution in [-0.2, 0) is 15.4 Å². The molecule has 3 nitrogen and oxygen atoms in total.